The molecule has 0 fully saturated rings. The van der Waals surface area contributed by atoms with E-state index < -0.39 is 0 Å². The van der Waals surface area contributed by atoms with Crippen molar-refractivity contribution < 1.29 is 4.74 Å². The molecular weight excluding hydrogens is 318 g/mol. The quantitative estimate of drug-likeness (QED) is 0.505. The number of hydrogen-bond acceptors (Lipinski definition) is 2. The predicted molar refractivity (Wildman–Crippen MR) is 111 cm³/mol. The first-order chi connectivity index (χ1) is 12.9. The third-order valence-corrected chi connectivity index (χ3v) is 4.16. The van der Waals surface area contributed by atoms with Crippen LogP contribution in [-0.4, -0.2) is 13.2 Å². The van der Waals surface area contributed by atoms with Crippen molar-refractivity contribution in [2.45, 2.75) is 13.3 Å². The fraction of sp³-hybridized carbons (Fsp3) is 0.167. The summed E-state index contributed by atoms with van der Waals surface area (Å²) in [4.78, 5) is 0. The molecular formula is C24H25NO. The zero-order chi connectivity index (χ0) is 18.0. The van der Waals surface area contributed by atoms with Crippen molar-refractivity contribution in [3.05, 3.63) is 102 Å². The Bertz CT molecular complexity index is 766. The highest BCUT2D eigenvalue weighted by atomic mass is 16.5. The molecule has 0 aliphatic heterocycles. The van der Waals surface area contributed by atoms with Gasteiger partial charge in [0.1, 0.15) is 5.75 Å². The molecule has 2 nitrogen and oxygen atoms in total. The minimum absolute atomic E-state index is 0.694. The largest absolute Gasteiger partial charge is 0.494 e. The van der Waals surface area contributed by atoms with Crippen molar-refractivity contribution >= 4 is 11.3 Å². The lowest BCUT2D eigenvalue weighted by Crippen LogP contribution is -2.01. The van der Waals surface area contributed by atoms with Crippen molar-refractivity contribution in [2.24, 2.45) is 0 Å². The van der Waals surface area contributed by atoms with Crippen LogP contribution in [0.1, 0.15) is 24.5 Å². The molecule has 0 saturated carbocycles. The molecule has 3 rings (SSSR count). The standard InChI is InChI=1S/C24H25NO/c1-2-26-23-17-15-22(16-18-23)25-19-9-14-24(20-10-5-3-6-11-20)21-12-7-4-8-13-21/h3-8,10-18,25H,2,9,19H2,1H3. The van der Waals surface area contributed by atoms with Crippen LogP contribution >= 0.6 is 0 Å². The van der Waals surface area contributed by atoms with Gasteiger partial charge in [-0.15, -0.1) is 0 Å². The van der Waals surface area contributed by atoms with Gasteiger partial charge in [0.05, 0.1) is 6.61 Å². The highest BCUT2D eigenvalue weighted by Gasteiger charge is 2.03. The van der Waals surface area contributed by atoms with Crippen molar-refractivity contribution in [1.82, 2.24) is 0 Å². The van der Waals surface area contributed by atoms with Gasteiger partial charge in [-0.3, -0.25) is 0 Å². The Morgan fingerprint density at radius 2 is 1.38 bits per heavy atom. The van der Waals surface area contributed by atoms with Crippen LogP contribution in [0.25, 0.3) is 5.57 Å². The molecule has 0 aliphatic rings. The summed E-state index contributed by atoms with van der Waals surface area (Å²) in [6, 6.07) is 29.2. The molecule has 0 aromatic heterocycles. The lowest BCUT2D eigenvalue weighted by atomic mass is 9.97. The highest BCUT2D eigenvalue weighted by molar-refractivity contribution is 5.79. The first kappa shape index (κ1) is 17.8. The van der Waals surface area contributed by atoms with E-state index in [1.165, 1.54) is 16.7 Å². The lowest BCUT2D eigenvalue weighted by Gasteiger charge is -2.10. The van der Waals surface area contributed by atoms with Gasteiger partial charge in [0.2, 0.25) is 0 Å². The van der Waals surface area contributed by atoms with E-state index in [1.807, 2.05) is 19.1 Å². The Morgan fingerprint density at radius 3 is 1.92 bits per heavy atom. The Labute approximate surface area is 156 Å². The fourth-order valence-corrected chi connectivity index (χ4v) is 2.91. The molecule has 0 spiro atoms. The first-order valence-electron chi connectivity index (χ1n) is 9.14. The van der Waals surface area contributed by atoms with E-state index in [4.69, 9.17) is 4.74 Å². The number of rotatable bonds is 8. The van der Waals surface area contributed by atoms with Gasteiger partial charge in [-0.25, -0.2) is 0 Å². The van der Waals surface area contributed by atoms with Crippen molar-refractivity contribution in [3.63, 3.8) is 0 Å². The van der Waals surface area contributed by atoms with E-state index in [0.717, 1.165) is 24.4 Å². The molecule has 0 amide bonds. The summed E-state index contributed by atoms with van der Waals surface area (Å²) in [6.07, 6.45) is 3.26. The number of hydrogen-bond donors (Lipinski definition) is 1. The monoisotopic (exact) mass is 343 g/mol. The van der Waals surface area contributed by atoms with Crippen LogP contribution in [0.3, 0.4) is 0 Å². The Kier molecular flexibility index (Phi) is 6.49. The molecule has 2 heteroatoms. The van der Waals surface area contributed by atoms with Gasteiger partial charge in [0.15, 0.2) is 0 Å². The molecule has 3 aromatic rings. The molecule has 132 valence electrons. The molecule has 0 saturated heterocycles. The maximum Gasteiger partial charge on any atom is 0.119 e. The fourth-order valence-electron chi connectivity index (χ4n) is 2.91. The van der Waals surface area contributed by atoms with Crippen molar-refractivity contribution in [1.29, 1.82) is 0 Å². The predicted octanol–water partition coefficient (Wildman–Crippen LogP) is 6.02. The van der Waals surface area contributed by atoms with Gasteiger partial charge in [-0.1, -0.05) is 66.7 Å². The average Bonchev–Trinajstić information content (AvgIpc) is 2.71. The highest BCUT2D eigenvalue weighted by Crippen LogP contribution is 2.23. The smallest absolute Gasteiger partial charge is 0.119 e. The molecule has 0 atom stereocenters. The summed E-state index contributed by atoms with van der Waals surface area (Å²) in [6.45, 7) is 3.58. The summed E-state index contributed by atoms with van der Waals surface area (Å²) in [7, 11) is 0. The Hall–Kier alpha value is -3.00. The average molecular weight is 343 g/mol. The third kappa shape index (κ3) is 5.00. The summed E-state index contributed by atoms with van der Waals surface area (Å²) in [5, 5.41) is 3.47. The SMILES string of the molecule is CCOc1ccc(NCCC=C(c2ccccc2)c2ccccc2)cc1. The Morgan fingerprint density at radius 1 is 0.808 bits per heavy atom. The molecule has 0 radical (unpaired) electrons. The normalized spacial score (nSPS) is 10.2. The van der Waals surface area contributed by atoms with Crippen molar-refractivity contribution in [2.75, 3.05) is 18.5 Å². The molecule has 0 unspecified atom stereocenters. The summed E-state index contributed by atoms with van der Waals surface area (Å²) >= 11 is 0. The van der Waals surface area contributed by atoms with Crippen LogP contribution in [0.4, 0.5) is 5.69 Å². The topological polar surface area (TPSA) is 21.3 Å². The molecule has 0 heterocycles. The van der Waals surface area contributed by atoms with E-state index >= 15 is 0 Å². The van der Waals surface area contributed by atoms with Gasteiger partial charge in [-0.2, -0.15) is 0 Å². The molecule has 26 heavy (non-hydrogen) atoms. The second kappa shape index (κ2) is 9.47. The number of benzene rings is 3. The van der Waals surface area contributed by atoms with Crippen molar-refractivity contribution in [3.8, 4) is 5.75 Å². The lowest BCUT2D eigenvalue weighted by molar-refractivity contribution is 0.340. The van der Waals surface area contributed by atoms with Crippen LogP contribution in [-0.2, 0) is 0 Å². The molecule has 3 aromatic carbocycles. The van der Waals surface area contributed by atoms with Crippen LogP contribution in [0.2, 0.25) is 0 Å². The maximum absolute atomic E-state index is 5.48. The maximum atomic E-state index is 5.48. The molecule has 0 aliphatic carbocycles. The Balaban J connectivity index is 1.65. The van der Waals surface area contributed by atoms with Gasteiger partial charge in [-0.05, 0) is 54.3 Å². The number of nitrogens with one attached hydrogen (secondary N) is 1. The zero-order valence-electron chi connectivity index (χ0n) is 15.2. The van der Waals surface area contributed by atoms with E-state index in [2.05, 4.69) is 84.2 Å². The third-order valence-electron chi connectivity index (χ3n) is 4.16. The molecule has 0 bridgehead atoms. The summed E-state index contributed by atoms with van der Waals surface area (Å²) in [5.41, 5.74) is 4.89. The van der Waals surface area contributed by atoms with Gasteiger partial charge in [0.25, 0.3) is 0 Å². The zero-order valence-corrected chi connectivity index (χ0v) is 15.2. The minimum atomic E-state index is 0.694. The number of anilines is 1. The second-order valence-corrected chi connectivity index (χ2v) is 6.02. The van der Waals surface area contributed by atoms with E-state index in [1.54, 1.807) is 0 Å². The minimum Gasteiger partial charge on any atom is -0.494 e. The van der Waals surface area contributed by atoms with Gasteiger partial charge < -0.3 is 10.1 Å². The summed E-state index contributed by atoms with van der Waals surface area (Å²) < 4.78 is 5.48. The second-order valence-electron chi connectivity index (χ2n) is 6.02. The molecule has 1 N–H and O–H groups in total. The van der Waals surface area contributed by atoms with Crippen LogP contribution in [0.15, 0.2) is 91.0 Å². The van der Waals surface area contributed by atoms with Crippen LogP contribution < -0.4 is 10.1 Å². The van der Waals surface area contributed by atoms with Crippen LogP contribution in [0.5, 0.6) is 5.75 Å². The number of ether oxygens (including phenoxy) is 1. The van der Waals surface area contributed by atoms with E-state index in [-0.39, 0.29) is 0 Å². The van der Waals surface area contributed by atoms with E-state index in [0.29, 0.717) is 6.61 Å². The van der Waals surface area contributed by atoms with Gasteiger partial charge >= 0.3 is 0 Å². The summed E-state index contributed by atoms with van der Waals surface area (Å²) in [5.74, 6) is 0.911. The van der Waals surface area contributed by atoms with Crippen LogP contribution in [0, 0.1) is 0 Å². The van der Waals surface area contributed by atoms with Gasteiger partial charge in [0, 0.05) is 12.2 Å². The first-order valence-corrected chi connectivity index (χ1v) is 9.14. The van der Waals surface area contributed by atoms with E-state index in [9.17, 15) is 0 Å².